The average Bonchev–Trinajstić information content (AvgIpc) is 2.67. The minimum atomic E-state index is -3.81. The van der Waals surface area contributed by atoms with Gasteiger partial charge < -0.3 is 5.32 Å². The second-order valence-corrected chi connectivity index (χ2v) is 9.50. The van der Waals surface area contributed by atoms with Crippen LogP contribution in [-0.2, 0) is 21.2 Å². The fourth-order valence-corrected chi connectivity index (χ4v) is 5.23. The smallest absolute Gasteiger partial charge is 0.244 e. The lowest BCUT2D eigenvalue weighted by Crippen LogP contribution is -2.50. The maximum atomic E-state index is 13.6. The molecule has 0 radical (unpaired) electrons. The number of nitrogens with zero attached hydrogens (tertiary/aromatic N) is 1. The van der Waals surface area contributed by atoms with E-state index in [2.05, 4.69) is 5.32 Å². The number of benzene rings is 2. The van der Waals surface area contributed by atoms with Crippen LogP contribution >= 0.6 is 11.6 Å². The van der Waals surface area contributed by atoms with E-state index >= 15 is 0 Å². The predicted octanol–water partition coefficient (Wildman–Crippen LogP) is 4.22. The minimum Gasteiger partial charge on any atom is -0.347 e. The van der Waals surface area contributed by atoms with E-state index < -0.39 is 21.9 Å². The fraction of sp³-hybridized carbons (Fsp3) is 0.381. The van der Waals surface area contributed by atoms with Gasteiger partial charge in [-0.05, 0) is 55.0 Å². The Morgan fingerprint density at radius 2 is 2.03 bits per heavy atom. The lowest BCUT2D eigenvalue weighted by atomic mass is 9.87. The standard InChI is InChI=1S/C21H24ClFN2O3S/c1-3-20(25(29(2,27)28)15-11-12-18(23)17(22)13-15)21(26)24-19-10-6-8-14-7-4-5-9-16(14)19/h4-5,7,9,11-13,19-20H,3,6,8,10H2,1-2H3,(H,24,26)/t19-,20+/m0/s1. The Hall–Kier alpha value is -2.12. The quantitative estimate of drug-likeness (QED) is 0.734. The van der Waals surface area contributed by atoms with E-state index in [9.17, 15) is 17.6 Å². The van der Waals surface area contributed by atoms with Gasteiger partial charge in [0.2, 0.25) is 15.9 Å². The Balaban J connectivity index is 1.91. The molecule has 1 amide bonds. The van der Waals surface area contributed by atoms with Crippen molar-refractivity contribution in [1.82, 2.24) is 5.32 Å². The summed E-state index contributed by atoms with van der Waals surface area (Å²) in [5, 5.41) is 2.82. The van der Waals surface area contributed by atoms with Crippen LogP contribution in [0.1, 0.15) is 43.4 Å². The summed E-state index contributed by atoms with van der Waals surface area (Å²) in [5.74, 6) is -1.04. The van der Waals surface area contributed by atoms with Crippen molar-refractivity contribution in [3.05, 3.63) is 64.4 Å². The summed E-state index contributed by atoms with van der Waals surface area (Å²) < 4.78 is 39.7. The molecule has 0 aliphatic heterocycles. The van der Waals surface area contributed by atoms with Gasteiger partial charge in [0.25, 0.3) is 0 Å². The van der Waals surface area contributed by atoms with E-state index in [1.807, 2.05) is 24.3 Å². The Morgan fingerprint density at radius 1 is 1.31 bits per heavy atom. The molecular formula is C21H24ClFN2O3S. The molecular weight excluding hydrogens is 415 g/mol. The van der Waals surface area contributed by atoms with Crippen molar-refractivity contribution < 1.29 is 17.6 Å². The first kappa shape index (κ1) is 21.6. The molecule has 0 fully saturated rings. The predicted molar refractivity (Wildman–Crippen MR) is 113 cm³/mol. The van der Waals surface area contributed by atoms with Gasteiger partial charge in [0.1, 0.15) is 11.9 Å². The van der Waals surface area contributed by atoms with E-state index in [1.165, 1.54) is 17.7 Å². The molecule has 2 aromatic rings. The van der Waals surface area contributed by atoms with E-state index in [0.29, 0.717) is 0 Å². The third-order valence-electron chi connectivity index (χ3n) is 5.17. The lowest BCUT2D eigenvalue weighted by molar-refractivity contribution is -0.123. The van der Waals surface area contributed by atoms with Crippen LogP contribution in [-0.4, -0.2) is 26.6 Å². The molecule has 0 unspecified atom stereocenters. The molecule has 1 N–H and O–H groups in total. The highest BCUT2D eigenvalue weighted by atomic mass is 35.5. The number of nitrogens with one attached hydrogen (secondary N) is 1. The van der Waals surface area contributed by atoms with Gasteiger partial charge in [0, 0.05) is 0 Å². The maximum Gasteiger partial charge on any atom is 0.244 e. The van der Waals surface area contributed by atoms with Crippen molar-refractivity contribution in [2.75, 3.05) is 10.6 Å². The van der Waals surface area contributed by atoms with Crippen molar-refractivity contribution in [3.8, 4) is 0 Å². The van der Waals surface area contributed by atoms with Crippen LogP contribution in [0.3, 0.4) is 0 Å². The molecule has 156 valence electrons. The summed E-state index contributed by atoms with van der Waals surface area (Å²) >= 11 is 5.85. The number of anilines is 1. The van der Waals surface area contributed by atoms with E-state index in [1.54, 1.807) is 6.92 Å². The van der Waals surface area contributed by atoms with Gasteiger partial charge in [0.05, 0.1) is 23.0 Å². The summed E-state index contributed by atoms with van der Waals surface area (Å²) in [7, 11) is -3.81. The van der Waals surface area contributed by atoms with Gasteiger partial charge in [0.15, 0.2) is 0 Å². The summed E-state index contributed by atoms with van der Waals surface area (Å²) in [6.45, 7) is 1.74. The molecule has 5 nitrogen and oxygen atoms in total. The molecule has 29 heavy (non-hydrogen) atoms. The molecule has 2 aromatic carbocycles. The lowest BCUT2D eigenvalue weighted by Gasteiger charge is -2.33. The van der Waals surface area contributed by atoms with Gasteiger partial charge in [-0.3, -0.25) is 9.10 Å². The molecule has 1 aliphatic rings. The zero-order chi connectivity index (χ0) is 21.2. The first-order chi connectivity index (χ1) is 13.7. The van der Waals surface area contributed by atoms with Gasteiger partial charge in [-0.15, -0.1) is 0 Å². The summed E-state index contributed by atoms with van der Waals surface area (Å²) in [5.41, 5.74) is 2.42. The highest BCUT2D eigenvalue weighted by molar-refractivity contribution is 7.92. The first-order valence-corrected chi connectivity index (χ1v) is 11.8. The SMILES string of the molecule is CC[C@H](C(=O)N[C@H]1CCCc2ccccc21)N(c1ccc(F)c(Cl)c1)S(C)(=O)=O. The number of hydrogen-bond acceptors (Lipinski definition) is 3. The third kappa shape index (κ3) is 4.73. The number of carbonyl (C=O) groups is 1. The first-order valence-electron chi connectivity index (χ1n) is 9.55. The van der Waals surface area contributed by atoms with Crippen molar-refractivity contribution in [3.63, 3.8) is 0 Å². The van der Waals surface area contributed by atoms with Crippen LogP contribution in [0.5, 0.6) is 0 Å². The number of fused-ring (bicyclic) bond motifs is 1. The van der Waals surface area contributed by atoms with Crippen molar-refractivity contribution in [1.29, 1.82) is 0 Å². The minimum absolute atomic E-state index is 0.157. The number of aryl methyl sites for hydroxylation is 1. The molecule has 2 atom stereocenters. The van der Waals surface area contributed by atoms with Crippen LogP contribution in [0.15, 0.2) is 42.5 Å². The van der Waals surface area contributed by atoms with Gasteiger partial charge in [-0.25, -0.2) is 12.8 Å². The summed E-state index contributed by atoms with van der Waals surface area (Å²) in [6, 6.07) is 10.4. The number of carbonyl (C=O) groups excluding carboxylic acids is 1. The number of amides is 1. The third-order valence-corrected chi connectivity index (χ3v) is 6.64. The Kier molecular flexibility index (Phi) is 6.49. The van der Waals surface area contributed by atoms with Crippen LogP contribution in [0.25, 0.3) is 0 Å². The van der Waals surface area contributed by atoms with Crippen molar-refractivity contribution >= 4 is 33.2 Å². The van der Waals surface area contributed by atoms with E-state index in [4.69, 9.17) is 11.6 Å². The normalized spacial score (nSPS) is 17.3. The summed E-state index contributed by atoms with van der Waals surface area (Å²) in [4.78, 5) is 13.1. The highest BCUT2D eigenvalue weighted by Crippen LogP contribution is 2.31. The molecule has 0 heterocycles. The second kappa shape index (κ2) is 8.71. The summed E-state index contributed by atoms with van der Waals surface area (Å²) in [6.07, 6.45) is 3.98. The molecule has 3 rings (SSSR count). The highest BCUT2D eigenvalue weighted by Gasteiger charge is 2.33. The Bertz CT molecular complexity index is 1010. The Morgan fingerprint density at radius 3 is 2.69 bits per heavy atom. The molecule has 0 bridgehead atoms. The number of halogens is 2. The molecule has 8 heteroatoms. The monoisotopic (exact) mass is 438 g/mol. The van der Waals surface area contributed by atoms with Crippen LogP contribution in [0.2, 0.25) is 5.02 Å². The largest absolute Gasteiger partial charge is 0.347 e. The average molecular weight is 439 g/mol. The maximum absolute atomic E-state index is 13.6. The molecule has 0 spiro atoms. The zero-order valence-electron chi connectivity index (χ0n) is 16.4. The molecule has 0 saturated heterocycles. The second-order valence-electron chi connectivity index (χ2n) is 7.23. The Labute approximate surface area is 175 Å². The number of sulfonamides is 1. The van der Waals surface area contributed by atoms with Crippen molar-refractivity contribution in [2.45, 2.75) is 44.7 Å². The van der Waals surface area contributed by atoms with E-state index in [-0.39, 0.29) is 29.1 Å². The fourth-order valence-electron chi connectivity index (χ4n) is 3.85. The van der Waals surface area contributed by atoms with Crippen LogP contribution in [0.4, 0.5) is 10.1 Å². The van der Waals surface area contributed by atoms with E-state index in [0.717, 1.165) is 41.5 Å². The molecule has 1 aliphatic carbocycles. The zero-order valence-corrected chi connectivity index (χ0v) is 17.9. The van der Waals surface area contributed by atoms with Gasteiger partial charge in [-0.1, -0.05) is 42.8 Å². The van der Waals surface area contributed by atoms with Gasteiger partial charge >= 0.3 is 0 Å². The van der Waals surface area contributed by atoms with Crippen LogP contribution < -0.4 is 9.62 Å². The van der Waals surface area contributed by atoms with Crippen molar-refractivity contribution in [2.24, 2.45) is 0 Å². The van der Waals surface area contributed by atoms with Gasteiger partial charge in [-0.2, -0.15) is 0 Å². The molecule has 0 saturated carbocycles. The number of rotatable bonds is 6. The topological polar surface area (TPSA) is 66.5 Å². The molecule has 0 aromatic heterocycles. The number of hydrogen-bond donors (Lipinski definition) is 1. The van der Waals surface area contributed by atoms with Crippen LogP contribution in [0, 0.1) is 5.82 Å².